The zero-order valence-electron chi connectivity index (χ0n) is 20.4. The molecule has 2 aromatic carbocycles. The zero-order chi connectivity index (χ0) is 26.2. The Labute approximate surface area is 207 Å². The third kappa shape index (κ3) is 5.15. The van der Waals surface area contributed by atoms with Gasteiger partial charge in [-0.3, -0.25) is 4.68 Å². The number of nitrogen functional groups attached to an aromatic ring is 1. The van der Waals surface area contributed by atoms with Crippen LogP contribution in [0.1, 0.15) is 36.8 Å². The number of pyridine rings is 1. The first-order chi connectivity index (χ1) is 17.0. The van der Waals surface area contributed by atoms with E-state index in [1.54, 1.807) is 44.8 Å². The van der Waals surface area contributed by atoms with Crippen LogP contribution in [0.5, 0.6) is 5.75 Å². The third-order valence-corrected chi connectivity index (χ3v) is 5.64. The van der Waals surface area contributed by atoms with Gasteiger partial charge in [0, 0.05) is 24.2 Å². The van der Waals surface area contributed by atoms with Crippen molar-refractivity contribution in [3.05, 3.63) is 71.1 Å². The molecular weight excluding hydrogens is 464 g/mol. The summed E-state index contributed by atoms with van der Waals surface area (Å²) in [6.45, 7) is 3.14. The number of fused-ring (bicyclic) bond motifs is 1. The Hall–Kier alpha value is -4.00. The molecule has 1 atom stereocenters. The van der Waals surface area contributed by atoms with E-state index in [0.29, 0.717) is 45.0 Å². The predicted octanol–water partition coefficient (Wildman–Crippen LogP) is 3.87. The van der Waals surface area contributed by atoms with E-state index in [1.807, 2.05) is 12.1 Å². The number of aromatic nitrogens is 3. The Morgan fingerprint density at radius 3 is 2.42 bits per heavy atom. The standard InChI is InChI=1S/C27H27F2N5O2/c1-27(2,35)10-9-18-5-6-19(20-7-8-22(36-4)23-25(20)34(3)33-26(23)31)24(32-18)21(30)13-15-11-16(28)14-17(29)12-15/h5-8,11-12,14,21,35H,13,30H2,1-4H3,(H2,31,33). The van der Waals surface area contributed by atoms with Crippen molar-refractivity contribution in [2.45, 2.75) is 31.9 Å². The smallest absolute Gasteiger partial charge is 0.157 e. The zero-order valence-corrected chi connectivity index (χ0v) is 20.4. The maximum atomic E-state index is 13.8. The Morgan fingerprint density at radius 2 is 1.78 bits per heavy atom. The van der Waals surface area contributed by atoms with E-state index >= 15 is 0 Å². The molecule has 36 heavy (non-hydrogen) atoms. The Balaban J connectivity index is 1.91. The molecule has 0 radical (unpaired) electrons. The number of methoxy groups -OCH3 is 1. The second kappa shape index (κ2) is 9.57. The fraction of sp³-hybridized carbons (Fsp3) is 0.259. The molecule has 0 aliphatic carbocycles. The molecule has 4 aromatic rings. The summed E-state index contributed by atoms with van der Waals surface area (Å²) >= 11 is 0. The number of anilines is 1. The summed E-state index contributed by atoms with van der Waals surface area (Å²) < 4.78 is 34.8. The van der Waals surface area contributed by atoms with Gasteiger partial charge < -0.3 is 21.3 Å². The normalized spacial score (nSPS) is 12.3. The molecule has 0 saturated carbocycles. The van der Waals surface area contributed by atoms with Gasteiger partial charge in [-0.25, -0.2) is 13.8 Å². The maximum Gasteiger partial charge on any atom is 0.157 e. The number of halogens is 2. The molecule has 0 aliphatic rings. The summed E-state index contributed by atoms with van der Waals surface area (Å²) in [5.41, 5.74) is 14.9. The van der Waals surface area contributed by atoms with Crippen molar-refractivity contribution in [3.8, 4) is 28.7 Å². The molecule has 0 aliphatic heterocycles. The lowest BCUT2D eigenvalue weighted by Crippen LogP contribution is -2.17. The Kier molecular flexibility index (Phi) is 6.67. The third-order valence-electron chi connectivity index (χ3n) is 5.64. The van der Waals surface area contributed by atoms with Gasteiger partial charge in [-0.2, -0.15) is 5.10 Å². The molecule has 0 amide bonds. The van der Waals surface area contributed by atoms with E-state index in [2.05, 4.69) is 21.9 Å². The number of nitrogens with zero attached hydrogens (tertiary/aromatic N) is 3. The van der Waals surface area contributed by atoms with Crippen LogP contribution in [0.2, 0.25) is 0 Å². The minimum atomic E-state index is -1.21. The van der Waals surface area contributed by atoms with Crippen molar-refractivity contribution in [2.24, 2.45) is 12.8 Å². The minimum absolute atomic E-state index is 0.129. The van der Waals surface area contributed by atoms with Gasteiger partial charge in [0.2, 0.25) is 0 Å². The van der Waals surface area contributed by atoms with Crippen LogP contribution in [0.4, 0.5) is 14.6 Å². The molecule has 5 N–H and O–H groups in total. The summed E-state index contributed by atoms with van der Waals surface area (Å²) in [6.07, 6.45) is 0.129. The number of nitrogens with two attached hydrogens (primary N) is 2. The Bertz CT molecular complexity index is 1490. The van der Waals surface area contributed by atoms with Gasteiger partial charge >= 0.3 is 0 Å². The molecule has 2 aromatic heterocycles. The van der Waals surface area contributed by atoms with E-state index in [4.69, 9.17) is 16.2 Å². The van der Waals surface area contributed by atoms with E-state index in [-0.39, 0.29) is 6.42 Å². The molecule has 186 valence electrons. The summed E-state index contributed by atoms with van der Waals surface area (Å²) in [4.78, 5) is 4.69. The van der Waals surface area contributed by atoms with Crippen LogP contribution in [0.3, 0.4) is 0 Å². The highest BCUT2D eigenvalue weighted by molar-refractivity contribution is 6.03. The molecule has 0 fully saturated rings. The lowest BCUT2D eigenvalue weighted by atomic mass is 9.94. The average Bonchev–Trinajstić information content (AvgIpc) is 3.10. The number of hydrogen-bond donors (Lipinski definition) is 3. The lowest BCUT2D eigenvalue weighted by molar-refractivity contribution is 0.143. The molecule has 0 spiro atoms. The van der Waals surface area contributed by atoms with Crippen LogP contribution in [0.15, 0.2) is 42.5 Å². The molecule has 2 heterocycles. The fourth-order valence-electron chi connectivity index (χ4n) is 4.16. The molecule has 1 unspecified atom stereocenters. The van der Waals surface area contributed by atoms with Crippen LogP contribution in [0, 0.1) is 23.5 Å². The average molecular weight is 492 g/mol. The van der Waals surface area contributed by atoms with E-state index in [0.717, 1.165) is 11.6 Å². The molecule has 4 rings (SSSR count). The van der Waals surface area contributed by atoms with E-state index < -0.39 is 23.3 Å². The number of ether oxygens (including phenoxy) is 1. The second-order valence-electron chi connectivity index (χ2n) is 9.07. The summed E-state index contributed by atoms with van der Waals surface area (Å²) in [6, 6.07) is 9.77. The minimum Gasteiger partial charge on any atom is -0.496 e. The Morgan fingerprint density at radius 1 is 1.11 bits per heavy atom. The molecule has 0 bridgehead atoms. The van der Waals surface area contributed by atoms with Crippen LogP contribution in [-0.2, 0) is 13.5 Å². The van der Waals surface area contributed by atoms with Crippen LogP contribution < -0.4 is 16.2 Å². The maximum absolute atomic E-state index is 13.8. The monoisotopic (exact) mass is 491 g/mol. The molecule has 7 nitrogen and oxygen atoms in total. The van der Waals surface area contributed by atoms with Crippen LogP contribution >= 0.6 is 0 Å². The highest BCUT2D eigenvalue weighted by Gasteiger charge is 2.22. The van der Waals surface area contributed by atoms with E-state index in [1.165, 1.54) is 12.1 Å². The van der Waals surface area contributed by atoms with Crippen molar-refractivity contribution in [3.63, 3.8) is 0 Å². The molecular formula is C27H27F2N5O2. The highest BCUT2D eigenvalue weighted by atomic mass is 19.1. The second-order valence-corrected chi connectivity index (χ2v) is 9.07. The van der Waals surface area contributed by atoms with Crippen molar-refractivity contribution in [2.75, 3.05) is 12.8 Å². The summed E-state index contributed by atoms with van der Waals surface area (Å²) in [5, 5.41) is 15.0. The number of aliphatic hydroxyl groups is 1. The van der Waals surface area contributed by atoms with E-state index in [9.17, 15) is 13.9 Å². The highest BCUT2D eigenvalue weighted by Crippen LogP contribution is 2.39. The van der Waals surface area contributed by atoms with Crippen molar-refractivity contribution in [1.82, 2.24) is 14.8 Å². The first-order valence-electron chi connectivity index (χ1n) is 11.2. The van der Waals surface area contributed by atoms with Gasteiger partial charge in [0.1, 0.15) is 28.7 Å². The SMILES string of the molecule is COc1ccc(-c2ccc(C#CC(C)(C)O)nc2C(N)Cc2cc(F)cc(F)c2)c2c1c(N)nn2C. The molecule has 0 saturated heterocycles. The van der Waals surface area contributed by atoms with Gasteiger partial charge in [0.15, 0.2) is 5.82 Å². The van der Waals surface area contributed by atoms with Gasteiger partial charge in [0.25, 0.3) is 0 Å². The topological polar surface area (TPSA) is 112 Å². The van der Waals surface area contributed by atoms with Crippen molar-refractivity contribution in [1.29, 1.82) is 0 Å². The van der Waals surface area contributed by atoms with Gasteiger partial charge in [-0.05, 0) is 68.2 Å². The van der Waals surface area contributed by atoms with Gasteiger partial charge in [0.05, 0.1) is 29.7 Å². The predicted molar refractivity (Wildman–Crippen MR) is 135 cm³/mol. The number of rotatable bonds is 5. The fourth-order valence-corrected chi connectivity index (χ4v) is 4.16. The summed E-state index contributed by atoms with van der Waals surface area (Å²) in [7, 11) is 3.32. The number of hydrogen-bond acceptors (Lipinski definition) is 6. The van der Waals surface area contributed by atoms with Crippen molar-refractivity contribution < 1.29 is 18.6 Å². The van der Waals surface area contributed by atoms with Crippen molar-refractivity contribution >= 4 is 16.7 Å². The largest absolute Gasteiger partial charge is 0.496 e. The lowest BCUT2D eigenvalue weighted by Gasteiger charge is -2.18. The van der Waals surface area contributed by atoms with Crippen LogP contribution in [0.25, 0.3) is 22.0 Å². The van der Waals surface area contributed by atoms with Gasteiger partial charge in [-0.15, -0.1) is 0 Å². The number of aryl methyl sites for hydroxylation is 1. The van der Waals surface area contributed by atoms with Crippen LogP contribution in [-0.4, -0.2) is 32.6 Å². The van der Waals surface area contributed by atoms with Gasteiger partial charge in [-0.1, -0.05) is 5.92 Å². The first-order valence-corrected chi connectivity index (χ1v) is 11.2. The first kappa shape index (κ1) is 25.1. The molecule has 9 heteroatoms. The summed E-state index contributed by atoms with van der Waals surface area (Å²) in [5.74, 6) is 5.13. The number of benzene rings is 2. The quantitative estimate of drug-likeness (QED) is 0.366.